The van der Waals surface area contributed by atoms with Crippen molar-refractivity contribution < 1.29 is 4.74 Å². The zero-order chi connectivity index (χ0) is 13.5. The Kier molecular flexibility index (Phi) is 5.70. The van der Waals surface area contributed by atoms with Crippen molar-refractivity contribution in [3.63, 3.8) is 0 Å². The van der Waals surface area contributed by atoms with Gasteiger partial charge in [0.05, 0.1) is 6.61 Å². The normalized spacial score (nSPS) is 16.4. The molecule has 0 aromatic carbocycles. The van der Waals surface area contributed by atoms with Crippen molar-refractivity contribution in [3.05, 3.63) is 12.4 Å². The van der Waals surface area contributed by atoms with Crippen molar-refractivity contribution in [1.82, 2.24) is 9.55 Å². The van der Waals surface area contributed by atoms with E-state index in [1.165, 1.54) is 25.7 Å². The number of hydrogen-bond donors (Lipinski definition) is 1. The molecule has 0 saturated heterocycles. The van der Waals surface area contributed by atoms with Crippen LogP contribution in [0, 0.1) is 5.92 Å². The predicted molar refractivity (Wildman–Crippen MR) is 78.5 cm³/mol. The van der Waals surface area contributed by atoms with Gasteiger partial charge in [0.2, 0.25) is 5.95 Å². The highest BCUT2D eigenvalue weighted by atomic mass is 16.5. The number of anilines is 1. The van der Waals surface area contributed by atoms with E-state index in [-0.39, 0.29) is 0 Å². The van der Waals surface area contributed by atoms with Gasteiger partial charge in [0.15, 0.2) is 0 Å². The van der Waals surface area contributed by atoms with Crippen LogP contribution in [0.1, 0.15) is 52.0 Å². The van der Waals surface area contributed by atoms with Crippen LogP contribution in [0.5, 0.6) is 0 Å². The monoisotopic (exact) mass is 265 g/mol. The topological polar surface area (TPSA) is 39.1 Å². The summed E-state index contributed by atoms with van der Waals surface area (Å²) in [5, 5.41) is 3.39. The summed E-state index contributed by atoms with van der Waals surface area (Å²) in [6.07, 6.45) is 10.4. The SMILES string of the molecule is CC(C)CCOCCNc1nccn1C1CCCC1. The van der Waals surface area contributed by atoms with Gasteiger partial charge in [-0.25, -0.2) is 4.98 Å². The molecule has 1 heterocycles. The molecule has 4 nitrogen and oxygen atoms in total. The van der Waals surface area contributed by atoms with E-state index >= 15 is 0 Å². The van der Waals surface area contributed by atoms with Gasteiger partial charge in [-0.1, -0.05) is 26.7 Å². The Bertz CT molecular complexity index is 356. The van der Waals surface area contributed by atoms with Crippen LogP contribution in [0.15, 0.2) is 12.4 Å². The Labute approximate surface area is 116 Å². The average molecular weight is 265 g/mol. The van der Waals surface area contributed by atoms with E-state index in [0.717, 1.165) is 32.1 Å². The van der Waals surface area contributed by atoms with Crippen molar-refractivity contribution in [2.45, 2.75) is 52.0 Å². The molecule has 1 aliphatic carbocycles. The lowest BCUT2D eigenvalue weighted by atomic mass is 10.1. The highest BCUT2D eigenvalue weighted by Gasteiger charge is 2.18. The first-order valence-corrected chi connectivity index (χ1v) is 7.62. The molecular formula is C15H27N3O. The molecule has 1 saturated carbocycles. The fraction of sp³-hybridized carbons (Fsp3) is 0.800. The maximum absolute atomic E-state index is 5.61. The lowest BCUT2D eigenvalue weighted by Gasteiger charge is -2.15. The molecule has 0 unspecified atom stereocenters. The number of ether oxygens (including phenoxy) is 1. The van der Waals surface area contributed by atoms with Gasteiger partial charge >= 0.3 is 0 Å². The lowest BCUT2D eigenvalue weighted by molar-refractivity contribution is 0.132. The number of rotatable bonds is 8. The van der Waals surface area contributed by atoms with Crippen molar-refractivity contribution in [2.75, 3.05) is 25.1 Å². The van der Waals surface area contributed by atoms with Gasteiger partial charge in [-0.15, -0.1) is 0 Å². The highest BCUT2D eigenvalue weighted by Crippen LogP contribution is 2.31. The summed E-state index contributed by atoms with van der Waals surface area (Å²) < 4.78 is 7.90. The van der Waals surface area contributed by atoms with Crippen LogP contribution in [-0.2, 0) is 4.74 Å². The van der Waals surface area contributed by atoms with Crippen LogP contribution in [0.4, 0.5) is 5.95 Å². The third-order valence-electron chi connectivity index (χ3n) is 3.76. The number of aromatic nitrogens is 2. The van der Waals surface area contributed by atoms with E-state index in [1.807, 2.05) is 6.20 Å². The summed E-state index contributed by atoms with van der Waals surface area (Å²) >= 11 is 0. The Morgan fingerprint density at radius 1 is 1.37 bits per heavy atom. The van der Waals surface area contributed by atoms with Crippen LogP contribution in [0.25, 0.3) is 0 Å². The maximum atomic E-state index is 5.61. The van der Waals surface area contributed by atoms with E-state index in [9.17, 15) is 0 Å². The molecule has 0 radical (unpaired) electrons. The van der Waals surface area contributed by atoms with E-state index in [0.29, 0.717) is 12.0 Å². The van der Waals surface area contributed by atoms with Crippen molar-refractivity contribution in [1.29, 1.82) is 0 Å². The van der Waals surface area contributed by atoms with Gasteiger partial charge in [-0.2, -0.15) is 0 Å². The van der Waals surface area contributed by atoms with Crippen LogP contribution in [-0.4, -0.2) is 29.3 Å². The Morgan fingerprint density at radius 2 is 2.16 bits per heavy atom. The molecular weight excluding hydrogens is 238 g/mol. The summed E-state index contributed by atoms with van der Waals surface area (Å²) in [7, 11) is 0. The largest absolute Gasteiger partial charge is 0.380 e. The summed E-state index contributed by atoms with van der Waals surface area (Å²) in [6.45, 7) is 6.89. The summed E-state index contributed by atoms with van der Waals surface area (Å²) in [5.74, 6) is 1.72. The van der Waals surface area contributed by atoms with Gasteiger partial charge in [-0.05, 0) is 25.2 Å². The molecule has 1 aromatic heterocycles. The fourth-order valence-electron chi connectivity index (χ4n) is 2.58. The van der Waals surface area contributed by atoms with Crippen molar-refractivity contribution >= 4 is 5.95 Å². The molecule has 4 heteroatoms. The summed E-state index contributed by atoms with van der Waals surface area (Å²) in [4.78, 5) is 4.40. The summed E-state index contributed by atoms with van der Waals surface area (Å²) in [5.41, 5.74) is 0. The number of nitrogens with zero attached hydrogens (tertiary/aromatic N) is 2. The highest BCUT2D eigenvalue weighted by molar-refractivity contribution is 5.26. The standard InChI is InChI=1S/C15H27N3O/c1-13(2)7-11-19-12-9-17-15-16-8-10-18(15)14-5-3-4-6-14/h8,10,13-14H,3-7,9,11-12H2,1-2H3,(H,16,17). The number of imidazole rings is 1. The molecule has 19 heavy (non-hydrogen) atoms. The Balaban J connectivity index is 1.67. The quantitative estimate of drug-likeness (QED) is 0.731. The molecule has 1 N–H and O–H groups in total. The number of nitrogens with one attached hydrogen (secondary N) is 1. The Hall–Kier alpha value is -1.03. The lowest BCUT2D eigenvalue weighted by Crippen LogP contribution is -2.15. The zero-order valence-corrected chi connectivity index (χ0v) is 12.3. The molecule has 0 atom stereocenters. The first-order chi connectivity index (χ1) is 9.27. The molecule has 0 bridgehead atoms. The molecule has 0 spiro atoms. The predicted octanol–water partition coefficient (Wildman–Crippen LogP) is 3.47. The molecule has 1 fully saturated rings. The van der Waals surface area contributed by atoms with Crippen LogP contribution in [0.3, 0.4) is 0 Å². The fourth-order valence-corrected chi connectivity index (χ4v) is 2.58. The molecule has 1 aromatic rings. The average Bonchev–Trinajstić information content (AvgIpc) is 3.03. The Morgan fingerprint density at radius 3 is 2.89 bits per heavy atom. The van der Waals surface area contributed by atoms with Gasteiger partial charge < -0.3 is 14.6 Å². The van der Waals surface area contributed by atoms with E-state index in [4.69, 9.17) is 4.74 Å². The first kappa shape index (κ1) is 14.4. The second-order valence-corrected chi connectivity index (χ2v) is 5.82. The van der Waals surface area contributed by atoms with Crippen LogP contribution < -0.4 is 5.32 Å². The van der Waals surface area contributed by atoms with Crippen molar-refractivity contribution in [3.8, 4) is 0 Å². The second kappa shape index (κ2) is 7.53. The third kappa shape index (κ3) is 4.53. The van der Waals surface area contributed by atoms with E-state index in [2.05, 4.69) is 34.9 Å². The van der Waals surface area contributed by atoms with Gasteiger partial charge in [0, 0.05) is 31.6 Å². The van der Waals surface area contributed by atoms with Gasteiger partial charge in [-0.3, -0.25) is 0 Å². The van der Waals surface area contributed by atoms with E-state index in [1.54, 1.807) is 0 Å². The first-order valence-electron chi connectivity index (χ1n) is 7.62. The minimum absolute atomic E-state index is 0.645. The van der Waals surface area contributed by atoms with E-state index < -0.39 is 0 Å². The third-order valence-corrected chi connectivity index (χ3v) is 3.76. The molecule has 108 valence electrons. The summed E-state index contributed by atoms with van der Waals surface area (Å²) in [6, 6.07) is 0.645. The smallest absolute Gasteiger partial charge is 0.203 e. The van der Waals surface area contributed by atoms with Crippen LogP contribution in [0.2, 0.25) is 0 Å². The minimum atomic E-state index is 0.645. The zero-order valence-electron chi connectivity index (χ0n) is 12.3. The number of hydrogen-bond acceptors (Lipinski definition) is 3. The van der Waals surface area contributed by atoms with Crippen molar-refractivity contribution in [2.24, 2.45) is 5.92 Å². The van der Waals surface area contributed by atoms with Gasteiger partial charge in [0.25, 0.3) is 0 Å². The molecule has 2 rings (SSSR count). The molecule has 1 aliphatic rings. The molecule has 0 aliphatic heterocycles. The maximum Gasteiger partial charge on any atom is 0.203 e. The van der Waals surface area contributed by atoms with Gasteiger partial charge in [0.1, 0.15) is 0 Å². The van der Waals surface area contributed by atoms with Crippen LogP contribution >= 0.6 is 0 Å². The molecule has 0 amide bonds. The second-order valence-electron chi connectivity index (χ2n) is 5.82. The minimum Gasteiger partial charge on any atom is -0.380 e.